The van der Waals surface area contributed by atoms with Crippen molar-refractivity contribution in [1.82, 2.24) is 15.1 Å². The summed E-state index contributed by atoms with van der Waals surface area (Å²) in [6, 6.07) is 8.18. The first-order valence-electron chi connectivity index (χ1n) is 6.97. The molecule has 0 aliphatic heterocycles. The average molecular weight is 331 g/mol. The molecular formula is C16H17N3OS2. The maximum atomic E-state index is 11.3. The molecule has 0 saturated heterocycles. The monoisotopic (exact) mass is 331 g/mol. The van der Waals surface area contributed by atoms with Gasteiger partial charge in [0.25, 0.3) is 0 Å². The molecular weight excluding hydrogens is 314 g/mol. The van der Waals surface area contributed by atoms with Gasteiger partial charge in [-0.05, 0) is 48.5 Å². The van der Waals surface area contributed by atoms with E-state index in [-0.39, 0.29) is 5.78 Å². The number of aromatic nitrogens is 2. The first-order chi connectivity index (χ1) is 10.6. The van der Waals surface area contributed by atoms with Gasteiger partial charge in [-0.2, -0.15) is 5.10 Å². The van der Waals surface area contributed by atoms with Gasteiger partial charge in [0.1, 0.15) is 5.69 Å². The van der Waals surface area contributed by atoms with Gasteiger partial charge in [0.2, 0.25) is 0 Å². The Labute approximate surface area is 137 Å². The molecule has 0 atom stereocenters. The largest absolute Gasteiger partial charge is 0.296 e. The molecule has 0 aliphatic rings. The summed E-state index contributed by atoms with van der Waals surface area (Å²) in [6.45, 7) is 3.22. The van der Waals surface area contributed by atoms with Crippen LogP contribution in [0.15, 0.2) is 35.0 Å². The smallest absolute Gasteiger partial charge is 0.169 e. The molecule has 4 nitrogen and oxygen atoms in total. The second kappa shape index (κ2) is 6.56. The summed E-state index contributed by atoms with van der Waals surface area (Å²) in [5, 5.41) is 11.6. The zero-order valence-electron chi connectivity index (χ0n) is 12.5. The molecule has 0 aliphatic carbocycles. The normalized spacial score (nSPS) is 11.2. The summed E-state index contributed by atoms with van der Waals surface area (Å²) in [4.78, 5) is 15.5. The summed E-state index contributed by atoms with van der Waals surface area (Å²) >= 11 is 3.20. The van der Waals surface area contributed by atoms with Gasteiger partial charge in [-0.3, -0.25) is 14.8 Å². The minimum absolute atomic E-state index is 0.132. The molecule has 114 valence electrons. The van der Waals surface area contributed by atoms with Crippen LogP contribution in [0.2, 0.25) is 0 Å². The number of carbonyl (C=O) groups is 1. The number of nitrogens with one attached hydrogen (secondary N) is 1. The van der Waals surface area contributed by atoms with E-state index in [1.54, 1.807) is 18.3 Å². The molecule has 0 saturated carbocycles. The molecule has 6 heteroatoms. The highest BCUT2D eigenvalue weighted by Gasteiger charge is 2.09. The van der Waals surface area contributed by atoms with Gasteiger partial charge in [-0.25, -0.2) is 0 Å². The van der Waals surface area contributed by atoms with Gasteiger partial charge in [-0.15, -0.1) is 22.7 Å². The van der Waals surface area contributed by atoms with Gasteiger partial charge in [0.05, 0.1) is 9.75 Å². The van der Waals surface area contributed by atoms with Gasteiger partial charge < -0.3 is 0 Å². The Morgan fingerprint density at radius 2 is 2.18 bits per heavy atom. The standard InChI is InChI=1S/C16H17N3OS2/c1-11(20)16-6-12(10-22-16)8-19(2)9-13-7-14(18-17-13)15-4-3-5-21-15/h3-7,10H,8-9H2,1-2H3,(H,17,18). The van der Waals surface area contributed by atoms with Crippen molar-refractivity contribution < 1.29 is 4.79 Å². The van der Waals surface area contributed by atoms with Crippen molar-refractivity contribution in [3.8, 4) is 10.6 Å². The Morgan fingerprint density at radius 1 is 1.32 bits per heavy atom. The molecule has 1 N–H and O–H groups in total. The first-order valence-corrected chi connectivity index (χ1v) is 8.73. The molecule has 0 fully saturated rings. The van der Waals surface area contributed by atoms with Crippen molar-refractivity contribution in [1.29, 1.82) is 0 Å². The molecule has 3 aromatic heterocycles. The van der Waals surface area contributed by atoms with Gasteiger partial charge in [-0.1, -0.05) is 6.07 Å². The number of aromatic amines is 1. The van der Waals surface area contributed by atoms with E-state index in [1.807, 2.05) is 12.1 Å². The number of H-pyrrole nitrogens is 1. The van der Waals surface area contributed by atoms with E-state index in [1.165, 1.54) is 21.8 Å². The molecule has 0 radical (unpaired) electrons. The lowest BCUT2D eigenvalue weighted by Gasteiger charge is -2.14. The molecule has 0 bridgehead atoms. The van der Waals surface area contributed by atoms with Crippen LogP contribution in [0.1, 0.15) is 27.9 Å². The number of thiophene rings is 2. The van der Waals surface area contributed by atoms with E-state index in [9.17, 15) is 4.79 Å². The highest BCUT2D eigenvalue weighted by Crippen LogP contribution is 2.23. The number of hydrogen-bond donors (Lipinski definition) is 1. The highest BCUT2D eigenvalue weighted by atomic mass is 32.1. The van der Waals surface area contributed by atoms with E-state index in [0.29, 0.717) is 0 Å². The Bertz CT molecular complexity index is 758. The van der Waals surface area contributed by atoms with Crippen molar-refractivity contribution in [3.05, 3.63) is 51.2 Å². The number of carbonyl (C=O) groups excluding carboxylic acids is 1. The average Bonchev–Trinajstić information content (AvgIpc) is 3.18. The van der Waals surface area contributed by atoms with Crippen LogP contribution in [0.25, 0.3) is 10.6 Å². The van der Waals surface area contributed by atoms with E-state index < -0.39 is 0 Å². The van der Waals surface area contributed by atoms with E-state index >= 15 is 0 Å². The maximum absolute atomic E-state index is 11.3. The van der Waals surface area contributed by atoms with Crippen LogP contribution < -0.4 is 0 Å². The molecule has 0 spiro atoms. The Kier molecular flexibility index (Phi) is 4.52. The van der Waals surface area contributed by atoms with Crippen LogP contribution in [0.5, 0.6) is 0 Å². The second-order valence-corrected chi connectivity index (χ2v) is 7.16. The lowest BCUT2D eigenvalue weighted by molar-refractivity contribution is 0.102. The summed E-state index contributed by atoms with van der Waals surface area (Å²) < 4.78 is 0. The van der Waals surface area contributed by atoms with E-state index in [2.05, 4.69) is 45.0 Å². The molecule has 0 amide bonds. The Hall–Kier alpha value is -1.76. The predicted molar refractivity (Wildman–Crippen MR) is 91.4 cm³/mol. The minimum atomic E-state index is 0.132. The number of rotatable bonds is 6. The first kappa shape index (κ1) is 15.1. The second-order valence-electron chi connectivity index (χ2n) is 5.30. The van der Waals surface area contributed by atoms with Gasteiger partial charge in [0.15, 0.2) is 5.78 Å². The highest BCUT2D eigenvalue weighted by molar-refractivity contribution is 7.13. The topological polar surface area (TPSA) is 49.0 Å². The summed E-state index contributed by atoms with van der Waals surface area (Å²) in [5.74, 6) is 0.132. The van der Waals surface area contributed by atoms with Crippen molar-refractivity contribution in [2.45, 2.75) is 20.0 Å². The van der Waals surface area contributed by atoms with Crippen molar-refractivity contribution in [2.75, 3.05) is 7.05 Å². The van der Waals surface area contributed by atoms with Crippen LogP contribution >= 0.6 is 22.7 Å². The van der Waals surface area contributed by atoms with Crippen molar-refractivity contribution >= 4 is 28.5 Å². The van der Waals surface area contributed by atoms with Gasteiger partial charge in [0, 0.05) is 18.8 Å². The maximum Gasteiger partial charge on any atom is 0.169 e. The quantitative estimate of drug-likeness (QED) is 0.694. The Balaban J connectivity index is 1.61. The van der Waals surface area contributed by atoms with Crippen LogP contribution in [-0.2, 0) is 13.1 Å². The van der Waals surface area contributed by atoms with Gasteiger partial charge >= 0.3 is 0 Å². The molecule has 22 heavy (non-hydrogen) atoms. The lowest BCUT2D eigenvalue weighted by Crippen LogP contribution is -2.17. The SMILES string of the molecule is CC(=O)c1cc(CN(C)Cc2cc(-c3cccs3)n[nH]2)cs1. The minimum Gasteiger partial charge on any atom is -0.296 e. The molecule has 3 heterocycles. The molecule has 3 rings (SSSR count). The van der Waals surface area contributed by atoms with E-state index in [4.69, 9.17) is 0 Å². The van der Waals surface area contributed by atoms with Crippen LogP contribution in [-0.4, -0.2) is 27.9 Å². The fourth-order valence-corrected chi connectivity index (χ4v) is 3.79. The zero-order chi connectivity index (χ0) is 15.5. The van der Waals surface area contributed by atoms with Crippen LogP contribution in [0, 0.1) is 0 Å². The zero-order valence-corrected chi connectivity index (χ0v) is 14.1. The number of Topliss-reactive ketones (excluding diaryl/α,β-unsaturated/α-hetero) is 1. The summed E-state index contributed by atoms with van der Waals surface area (Å²) in [5.41, 5.74) is 3.26. The number of hydrogen-bond acceptors (Lipinski definition) is 5. The number of ketones is 1. The van der Waals surface area contributed by atoms with Crippen LogP contribution in [0.3, 0.4) is 0 Å². The van der Waals surface area contributed by atoms with Crippen LogP contribution in [0.4, 0.5) is 0 Å². The lowest BCUT2D eigenvalue weighted by atomic mass is 10.2. The van der Waals surface area contributed by atoms with Crippen molar-refractivity contribution in [2.24, 2.45) is 0 Å². The molecule has 3 aromatic rings. The molecule has 0 unspecified atom stereocenters. The third-order valence-electron chi connectivity index (χ3n) is 3.30. The predicted octanol–water partition coefficient (Wildman–Crippen LogP) is 4.03. The molecule has 0 aromatic carbocycles. The fraction of sp³-hybridized carbons (Fsp3) is 0.250. The fourth-order valence-electron chi connectivity index (χ4n) is 2.29. The third kappa shape index (κ3) is 3.52. The third-order valence-corrected chi connectivity index (χ3v) is 5.27. The van der Waals surface area contributed by atoms with Crippen molar-refractivity contribution in [3.63, 3.8) is 0 Å². The Morgan fingerprint density at radius 3 is 2.86 bits per heavy atom. The van der Waals surface area contributed by atoms with E-state index in [0.717, 1.165) is 29.4 Å². The summed E-state index contributed by atoms with van der Waals surface area (Å²) in [6.07, 6.45) is 0. The number of nitrogens with zero attached hydrogens (tertiary/aromatic N) is 2. The summed E-state index contributed by atoms with van der Waals surface area (Å²) in [7, 11) is 2.07.